The summed E-state index contributed by atoms with van der Waals surface area (Å²) in [5.74, 6) is -0.178. The number of primary amides is 1. The van der Waals surface area contributed by atoms with Crippen molar-refractivity contribution in [3.63, 3.8) is 0 Å². The minimum Gasteiger partial charge on any atom is -0.369 e. The molecule has 1 heterocycles. The van der Waals surface area contributed by atoms with Crippen molar-refractivity contribution in [2.75, 3.05) is 0 Å². The van der Waals surface area contributed by atoms with Gasteiger partial charge in [-0.3, -0.25) is 4.79 Å². The summed E-state index contributed by atoms with van der Waals surface area (Å²) in [6.07, 6.45) is 1.64. The smallest absolute Gasteiger partial charge is 0.220 e. The fraction of sp³-hybridized carbons (Fsp3) is 0.235. The molecule has 0 saturated heterocycles. The number of amides is 1. The first-order valence-corrected chi connectivity index (χ1v) is 8.68. The highest BCUT2D eigenvalue weighted by atomic mass is 127. The van der Waals surface area contributed by atoms with E-state index >= 15 is 0 Å². The van der Waals surface area contributed by atoms with Crippen LogP contribution in [0.4, 0.5) is 0 Å². The van der Waals surface area contributed by atoms with Gasteiger partial charge in [0.1, 0.15) is 0 Å². The number of nitrogens with two attached hydrogens (primary N) is 1. The number of nitrogens with zero attached hydrogens (tertiary/aromatic N) is 1. The second-order valence-electron chi connectivity index (χ2n) is 5.92. The number of carbonyl (C=O) groups is 1. The van der Waals surface area contributed by atoms with Gasteiger partial charge in [0, 0.05) is 42.4 Å². The van der Waals surface area contributed by atoms with E-state index in [0.717, 1.165) is 17.9 Å². The van der Waals surface area contributed by atoms with Gasteiger partial charge in [-0.15, -0.1) is 0 Å². The van der Waals surface area contributed by atoms with Gasteiger partial charge in [-0.1, -0.05) is 11.6 Å². The molecule has 1 fully saturated rings. The molecule has 1 aromatic heterocycles. The highest BCUT2D eigenvalue weighted by Crippen LogP contribution is 2.43. The lowest BCUT2D eigenvalue weighted by atomic mass is 9.79. The second-order valence-corrected chi connectivity index (χ2v) is 7.60. The number of hydrogen-bond donors (Lipinski definition) is 1. The Morgan fingerprint density at radius 3 is 2.45 bits per heavy atom. The predicted octanol–water partition coefficient (Wildman–Crippen LogP) is 4.49. The van der Waals surface area contributed by atoms with Crippen molar-refractivity contribution in [3.8, 4) is 0 Å². The molecular weight excluding hydrogens is 411 g/mol. The summed E-state index contributed by atoms with van der Waals surface area (Å²) in [6, 6.07) is 12.8. The average Bonchev–Trinajstić information content (AvgIpc) is 2.71. The van der Waals surface area contributed by atoms with Crippen LogP contribution in [0, 0.1) is 9.49 Å². The van der Waals surface area contributed by atoms with E-state index in [1.54, 1.807) is 0 Å². The third-order valence-corrected chi connectivity index (χ3v) is 5.51. The van der Waals surface area contributed by atoms with Crippen molar-refractivity contribution in [1.29, 1.82) is 0 Å². The number of rotatable bonds is 2. The van der Waals surface area contributed by atoms with E-state index in [4.69, 9.17) is 17.3 Å². The van der Waals surface area contributed by atoms with Crippen LogP contribution in [0.2, 0.25) is 5.02 Å². The van der Waals surface area contributed by atoms with Crippen LogP contribution in [-0.4, -0.2) is 10.5 Å². The quantitative estimate of drug-likeness (QED) is 0.606. The molecule has 0 radical (unpaired) electrons. The van der Waals surface area contributed by atoms with Crippen molar-refractivity contribution >= 4 is 61.9 Å². The Kier molecular flexibility index (Phi) is 3.34. The summed E-state index contributed by atoms with van der Waals surface area (Å²) < 4.78 is 3.55. The maximum absolute atomic E-state index is 11.3. The lowest BCUT2D eigenvalue weighted by Crippen LogP contribution is -2.36. The minimum atomic E-state index is -0.186. The van der Waals surface area contributed by atoms with Crippen LogP contribution < -0.4 is 5.73 Å². The summed E-state index contributed by atoms with van der Waals surface area (Å²) in [4.78, 5) is 11.3. The Labute approximate surface area is 146 Å². The fourth-order valence-electron chi connectivity index (χ4n) is 3.42. The number of halogens is 2. The molecule has 4 rings (SSSR count). The molecule has 3 aromatic rings. The van der Waals surface area contributed by atoms with E-state index in [0.29, 0.717) is 6.04 Å². The molecule has 3 nitrogen and oxygen atoms in total. The molecule has 1 aliphatic carbocycles. The van der Waals surface area contributed by atoms with Gasteiger partial charge in [-0.05, 0) is 71.8 Å². The molecule has 5 heteroatoms. The van der Waals surface area contributed by atoms with E-state index in [-0.39, 0.29) is 11.8 Å². The molecule has 1 aliphatic rings. The molecule has 1 amide bonds. The Morgan fingerprint density at radius 1 is 1.14 bits per heavy atom. The number of aromatic nitrogens is 1. The standard InChI is InChI=1S/C17H14ClIN2O/c18-10-1-3-15-13(7-10)14-8-11(19)2-4-16(14)21(15)12-5-9(6-12)17(20)22/h1-4,7-9,12H,5-6H2,(H2,20,22). The van der Waals surface area contributed by atoms with Gasteiger partial charge >= 0.3 is 0 Å². The Hall–Kier alpha value is -1.27. The van der Waals surface area contributed by atoms with E-state index in [2.05, 4.69) is 51.4 Å². The van der Waals surface area contributed by atoms with Crippen molar-refractivity contribution < 1.29 is 4.79 Å². The fourth-order valence-corrected chi connectivity index (χ4v) is 4.09. The van der Waals surface area contributed by atoms with E-state index in [1.165, 1.54) is 25.4 Å². The lowest BCUT2D eigenvalue weighted by molar-refractivity contribution is -0.125. The first kappa shape index (κ1) is 14.3. The molecule has 0 aliphatic heterocycles. The SMILES string of the molecule is NC(=O)C1CC(n2c3ccc(Cl)cc3c3cc(I)ccc32)C1. The zero-order chi connectivity index (χ0) is 15.4. The third-order valence-electron chi connectivity index (χ3n) is 4.61. The van der Waals surface area contributed by atoms with Crippen LogP contribution >= 0.6 is 34.2 Å². The summed E-state index contributed by atoms with van der Waals surface area (Å²) in [7, 11) is 0. The minimum absolute atomic E-state index is 0.00801. The van der Waals surface area contributed by atoms with Crippen molar-refractivity contribution in [2.24, 2.45) is 11.7 Å². The number of fused-ring (bicyclic) bond motifs is 3. The van der Waals surface area contributed by atoms with Crippen molar-refractivity contribution in [3.05, 3.63) is 45.0 Å². The normalized spacial score (nSPS) is 21.2. The molecule has 2 aromatic carbocycles. The predicted molar refractivity (Wildman–Crippen MR) is 98.1 cm³/mol. The first-order valence-electron chi connectivity index (χ1n) is 7.22. The third kappa shape index (κ3) is 2.12. The zero-order valence-electron chi connectivity index (χ0n) is 11.7. The molecule has 2 N–H and O–H groups in total. The van der Waals surface area contributed by atoms with Gasteiger partial charge in [0.2, 0.25) is 5.91 Å². The number of carbonyl (C=O) groups excluding carboxylic acids is 1. The molecule has 1 saturated carbocycles. The van der Waals surface area contributed by atoms with E-state index < -0.39 is 0 Å². The van der Waals surface area contributed by atoms with E-state index in [9.17, 15) is 4.79 Å². The summed E-state index contributed by atoms with van der Waals surface area (Å²) in [6.45, 7) is 0. The topological polar surface area (TPSA) is 48.0 Å². The largest absolute Gasteiger partial charge is 0.369 e. The van der Waals surface area contributed by atoms with Gasteiger partial charge in [-0.2, -0.15) is 0 Å². The summed E-state index contributed by atoms with van der Waals surface area (Å²) in [5.41, 5.74) is 7.79. The highest BCUT2D eigenvalue weighted by molar-refractivity contribution is 14.1. The van der Waals surface area contributed by atoms with Crippen LogP contribution in [0.5, 0.6) is 0 Å². The van der Waals surface area contributed by atoms with Gasteiger partial charge in [0.05, 0.1) is 0 Å². The van der Waals surface area contributed by atoms with Crippen LogP contribution in [0.15, 0.2) is 36.4 Å². The second kappa shape index (κ2) is 5.13. The van der Waals surface area contributed by atoms with Crippen LogP contribution in [0.25, 0.3) is 21.8 Å². The molecule has 0 spiro atoms. The number of hydrogen-bond acceptors (Lipinski definition) is 1. The maximum atomic E-state index is 11.3. The highest BCUT2D eigenvalue weighted by Gasteiger charge is 2.35. The average molecular weight is 425 g/mol. The van der Waals surface area contributed by atoms with Crippen LogP contribution in [0.1, 0.15) is 18.9 Å². The summed E-state index contributed by atoms with van der Waals surface area (Å²) >= 11 is 8.52. The summed E-state index contributed by atoms with van der Waals surface area (Å²) in [5, 5.41) is 3.13. The van der Waals surface area contributed by atoms with Gasteiger partial charge in [0.25, 0.3) is 0 Å². The molecule has 22 heavy (non-hydrogen) atoms. The van der Waals surface area contributed by atoms with Crippen LogP contribution in [-0.2, 0) is 4.79 Å². The molecule has 0 bridgehead atoms. The Balaban J connectivity index is 1.94. The Bertz CT molecular complexity index is 853. The first-order chi connectivity index (χ1) is 10.5. The molecule has 0 atom stereocenters. The molecular formula is C17H14ClIN2O. The van der Waals surface area contributed by atoms with Crippen molar-refractivity contribution in [2.45, 2.75) is 18.9 Å². The lowest BCUT2D eigenvalue weighted by Gasteiger charge is -2.35. The number of benzene rings is 2. The van der Waals surface area contributed by atoms with E-state index in [1.807, 2.05) is 12.1 Å². The maximum Gasteiger partial charge on any atom is 0.220 e. The van der Waals surface area contributed by atoms with Gasteiger partial charge < -0.3 is 10.3 Å². The molecule has 112 valence electrons. The molecule has 0 unspecified atom stereocenters. The Morgan fingerprint density at radius 2 is 1.77 bits per heavy atom. The monoisotopic (exact) mass is 424 g/mol. The van der Waals surface area contributed by atoms with Crippen LogP contribution in [0.3, 0.4) is 0 Å². The van der Waals surface area contributed by atoms with Gasteiger partial charge in [-0.25, -0.2) is 0 Å². The zero-order valence-corrected chi connectivity index (χ0v) is 14.6. The van der Waals surface area contributed by atoms with Crippen molar-refractivity contribution in [1.82, 2.24) is 4.57 Å². The van der Waals surface area contributed by atoms with Gasteiger partial charge in [0.15, 0.2) is 0 Å².